The highest BCUT2D eigenvalue weighted by atomic mass is 32.1. The van der Waals surface area contributed by atoms with E-state index in [0.717, 1.165) is 35.8 Å². The summed E-state index contributed by atoms with van der Waals surface area (Å²) in [6.07, 6.45) is 2.45. The number of aryl methyl sites for hydroxylation is 2. The van der Waals surface area contributed by atoms with Crippen molar-refractivity contribution in [3.05, 3.63) is 39.2 Å². The van der Waals surface area contributed by atoms with Crippen LogP contribution >= 0.6 is 11.3 Å². The lowest BCUT2D eigenvalue weighted by atomic mass is 10.0. The maximum absolute atomic E-state index is 11.6. The topological polar surface area (TPSA) is 53.4 Å². The minimum Gasteiger partial charge on any atom is -0.477 e. The van der Waals surface area contributed by atoms with E-state index in [2.05, 4.69) is 16.8 Å². The summed E-state index contributed by atoms with van der Waals surface area (Å²) in [6, 6.07) is 6.01. The average molecular weight is 316 g/mol. The Hall–Kier alpha value is -1.72. The number of thiazole rings is 1. The van der Waals surface area contributed by atoms with Gasteiger partial charge in [0.1, 0.15) is 9.88 Å². The molecule has 0 spiro atoms. The summed E-state index contributed by atoms with van der Waals surface area (Å²) in [4.78, 5) is 18.9. The predicted octanol–water partition coefficient (Wildman–Crippen LogP) is 3.72. The first-order chi connectivity index (χ1) is 10.5. The molecule has 0 atom stereocenters. The number of aromatic carboxylic acids is 1. The minimum absolute atomic E-state index is 0.345. The molecule has 0 bridgehead atoms. The summed E-state index contributed by atoms with van der Waals surface area (Å²) in [5, 5.41) is 10.4. The lowest BCUT2D eigenvalue weighted by Crippen LogP contribution is -2.18. The Morgan fingerprint density at radius 1 is 1.27 bits per heavy atom. The summed E-state index contributed by atoms with van der Waals surface area (Å²) in [5.41, 5.74) is 3.86. The molecule has 4 nitrogen and oxygen atoms in total. The van der Waals surface area contributed by atoms with Crippen molar-refractivity contribution in [2.45, 2.75) is 33.2 Å². The van der Waals surface area contributed by atoms with Crippen LogP contribution in [0.4, 0.5) is 0 Å². The third-order valence-corrected chi connectivity index (χ3v) is 5.23. The molecule has 0 saturated carbocycles. The largest absolute Gasteiger partial charge is 0.477 e. The van der Waals surface area contributed by atoms with E-state index < -0.39 is 5.97 Å². The van der Waals surface area contributed by atoms with Gasteiger partial charge in [-0.05, 0) is 57.0 Å². The standard InChI is InChI=1S/C17H20N2O2S/c1-11-5-6-13(9-12(11)2)15-16(17(20)21)22-14(18-15)10-19-7-3-4-8-19/h5-6,9H,3-4,7-8,10H2,1-2H3,(H,20,21). The van der Waals surface area contributed by atoms with Gasteiger partial charge in [0, 0.05) is 5.56 Å². The molecule has 22 heavy (non-hydrogen) atoms. The summed E-state index contributed by atoms with van der Waals surface area (Å²) >= 11 is 1.31. The Morgan fingerprint density at radius 2 is 2.00 bits per heavy atom. The van der Waals surface area contributed by atoms with Gasteiger partial charge in [-0.1, -0.05) is 12.1 Å². The Bertz CT molecular complexity index is 703. The molecular formula is C17H20N2O2S. The summed E-state index contributed by atoms with van der Waals surface area (Å²) in [5.74, 6) is -0.890. The summed E-state index contributed by atoms with van der Waals surface area (Å²) < 4.78 is 0. The fourth-order valence-electron chi connectivity index (χ4n) is 2.79. The molecule has 1 aromatic carbocycles. The zero-order valence-electron chi connectivity index (χ0n) is 12.9. The molecule has 1 fully saturated rings. The Morgan fingerprint density at radius 3 is 2.64 bits per heavy atom. The number of hydrogen-bond acceptors (Lipinski definition) is 4. The van der Waals surface area contributed by atoms with Crippen LogP contribution in [0.3, 0.4) is 0 Å². The van der Waals surface area contributed by atoms with E-state index in [9.17, 15) is 9.90 Å². The van der Waals surface area contributed by atoms with Gasteiger partial charge in [-0.15, -0.1) is 11.3 Å². The van der Waals surface area contributed by atoms with Crippen LogP contribution in [0.15, 0.2) is 18.2 Å². The molecule has 1 saturated heterocycles. The predicted molar refractivity (Wildman–Crippen MR) is 88.5 cm³/mol. The van der Waals surface area contributed by atoms with Crippen molar-refractivity contribution in [2.75, 3.05) is 13.1 Å². The maximum atomic E-state index is 11.6. The monoisotopic (exact) mass is 316 g/mol. The fraction of sp³-hybridized carbons (Fsp3) is 0.412. The third-order valence-electron chi connectivity index (χ3n) is 4.20. The average Bonchev–Trinajstić information content (AvgIpc) is 3.12. The molecule has 116 valence electrons. The molecule has 2 heterocycles. The Labute approximate surface area is 134 Å². The summed E-state index contributed by atoms with van der Waals surface area (Å²) in [6.45, 7) is 7.02. The van der Waals surface area contributed by atoms with Crippen LogP contribution < -0.4 is 0 Å². The highest BCUT2D eigenvalue weighted by Crippen LogP contribution is 2.30. The maximum Gasteiger partial charge on any atom is 0.348 e. The number of carbonyl (C=O) groups is 1. The van der Waals surface area contributed by atoms with E-state index in [0.29, 0.717) is 10.6 Å². The number of hydrogen-bond donors (Lipinski definition) is 1. The number of benzene rings is 1. The Balaban J connectivity index is 1.96. The van der Waals surface area contributed by atoms with Crippen LogP contribution in [0.2, 0.25) is 0 Å². The molecule has 0 aliphatic carbocycles. The molecule has 2 aromatic rings. The van der Waals surface area contributed by atoms with Crippen molar-refractivity contribution in [3.63, 3.8) is 0 Å². The normalized spacial score (nSPS) is 15.4. The van der Waals surface area contributed by atoms with Gasteiger partial charge < -0.3 is 5.11 Å². The molecule has 0 unspecified atom stereocenters. The third kappa shape index (κ3) is 3.05. The van der Waals surface area contributed by atoms with Gasteiger partial charge in [0.15, 0.2) is 0 Å². The number of carboxylic acid groups (broad SMARTS) is 1. The summed E-state index contributed by atoms with van der Waals surface area (Å²) in [7, 11) is 0. The molecule has 1 aromatic heterocycles. The zero-order chi connectivity index (χ0) is 15.7. The lowest BCUT2D eigenvalue weighted by Gasteiger charge is -2.11. The number of rotatable bonds is 4. The highest BCUT2D eigenvalue weighted by molar-refractivity contribution is 7.14. The molecule has 1 aliphatic rings. The van der Waals surface area contributed by atoms with E-state index in [1.807, 2.05) is 25.1 Å². The van der Waals surface area contributed by atoms with E-state index in [1.54, 1.807) is 0 Å². The molecular weight excluding hydrogens is 296 g/mol. The van der Waals surface area contributed by atoms with Crippen LogP contribution in [0.1, 0.15) is 38.6 Å². The van der Waals surface area contributed by atoms with E-state index in [1.165, 1.54) is 29.7 Å². The quantitative estimate of drug-likeness (QED) is 0.934. The van der Waals surface area contributed by atoms with Crippen LogP contribution in [0.25, 0.3) is 11.3 Å². The van der Waals surface area contributed by atoms with E-state index >= 15 is 0 Å². The first-order valence-electron chi connectivity index (χ1n) is 7.57. The van der Waals surface area contributed by atoms with Crippen molar-refractivity contribution < 1.29 is 9.90 Å². The molecule has 3 rings (SSSR count). The van der Waals surface area contributed by atoms with Gasteiger partial charge in [0.2, 0.25) is 0 Å². The molecule has 1 aliphatic heterocycles. The van der Waals surface area contributed by atoms with Crippen LogP contribution in [-0.2, 0) is 6.54 Å². The van der Waals surface area contributed by atoms with Crippen molar-refractivity contribution in [1.82, 2.24) is 9.88 Å². The van der Waals surface area contributed by atoms with Gasteiger partial charge in [0.05, 0.1) is 12.2 Å². The lowest BCUT2D eigenvalue weighted by molar-refractivity contribution is 0.0702. The van der Waals surface area contributed by atoms with Gasteiger partial charge >= 0.3 is 5.97 Å². The zero-order valence-corrected chi connectivity index (χ0v) is 13.7. The minimum atomic E-state index is -0.890. The Kier molecular flexibility index (Phi) is 4.27. The SMILES string of the molecule is Cc1ccc(-c2nc(CN3CCCC3)sc2C(=O)O)cc1C. The second-order valence-electron chi connectivity index (χ2n) is 5.87. The fourth-order valence-corrected chi connectivity index (χ4v) is 3.76. The first kappa shape index (κ1) is 15.2. The van der Waals surface area contributed by atoms with Crippen LogP contribution in [0.5, 0.6) is 0 Å². The number of carboxylic acids is 1. The van der Waals surface area contributed by atoms with Gasteiger partial charge in [-0.2, -0.15) is 0 Å². The number of likely N-dealkylation sites (tertiary alicyclic amines) is 1. The molecule has 0 radical (unpaired) electrons. The van der Waals surface area contributed by atoms with E-state index in [4.69, 9.17) is 0 Å². The van der Waals surface area contributed by atoms with Crippen molar-refractivity contribution >= 4 is 17.3 Å². The number of aromatic nitrogens is 1. The van der Waals surface area contributed by atoms with Crippen molar-refractivity contribution in [1.29, 1.82) is 0 Å². The molecule has 1 N–H and O–H groups in total. The van der Waals surface area contributed by atoms with Crippen LogP contribution in [-0.4, -0.2) is 34.0 Å². The van der Waals surface area contributed by atoms with Gasteiger partial charge in [-0.25, -0.2) is 9.78 Å². The first-order valence-corrected chi connectivity index (χ1v) is 8.39. The van der Waals surface area contributed by atoms with Crippen LogP contribution in [0, 0.1) is 13.8 Å². The van der Waals surface area contributed by atoms with E-state index in [-0.39, 0.29) is 0 Å². The number of nitrogens with zero attached hydrogens (tertiary/aromatic N) is 2. The van der Waals surface area contributed by atoms with Crippen molar-refractivity contribution in [2.24, 2.45) is 0 Å². The second-order valence-corrected chi connectivity index (χ2v) is 6.96. The second kappa shape index (κ2) is 6.18. The van der Waals surface area contributed by atoms with Crippen molar-refractivity contribution in [3.8, 4) is 11.3 Å². The molecule has 0 amide bonds. The van der Waals surface area contributed by atoms with Gasteiger partial charge in [0.25, 0.3) is 0 Å². The smallest absolute Gasteiger partial charge is 0.348 e. The molecule has 5 heteroatoms. The van der Waals surface area contributed by atoms with Gasteiger partial charge in [-0.3, -0.25) is 4.90 Å². The highest BCUT2D eigenvalue weighted by Gasteiger charge is 2.21.